The van der Waals surface area contributed by atoms with Crippen molar-refractivity contribution < 1.29 is 43.9 Å². The average molecular weight is 991 g/mol. The molecule has 0 fully saturated rings. The van der Waals surface area contributed by atoms with Crippen LogP contribution in [-0.4, -0.2) is 0 Å². The predicted octanol–water partition coefficient (Wildman–Crippen LogP) is 20.4. The summed E-state index contributed by atoms with van der Waals surface area (Å²) in [6.07, 6.45) is 25.2. The molecule has 5 aromatic carbocycles. The molecule has 0 spiro atoms. The zero-order valence-corrected chi connectivity index (χ0v) is 42.6. The van der Waals surface area contributed by atoms with Gasteiger partial charge in [0.1, 0.15) is 0 Å². The van der Waals surface area contributed by atoms with Crippen molar-refractivity contribution in [1.29, 1.82) is 0 Å². The van der Waals surface area contributed by atoms with Crippen LogP contribution in [0.1, 0.15) is 191 Å². The van der Waals surface area contributed by atoms with Gasteiger partial charge in [0.2, 0.25) is 0 Å². The van der Waals surface area contributed by atoms with Gasteiger partial charge in [-0.05, 0) is 122 Å². The highest BCUT2D eigenvalue weighted by atomic mass is 19.2. The summed E-state index contributed by atoms with van der Waals surface area (Å²) >= 11 is 0. The molecule has 0 unspecified atom stereocenters. The van der Waals surface area contributed by atoms with Crippen molar-refractivity contribution in [3.8, 4) is 0 Å². The van der Waals surface area contributed by atoms with Crippen LogP contribution in [0, 0.1) is 58.2 Å². The van der Waals surface area contributed by atoms with E-state index < -0.39 is 58.2 Å². The highest BCUT2D eigenvalue weighted by molar-refractivity contribution is 5.22. The monoisotopic (exact) mass is 991 g/mol. The van der Waals surface area contributed by atoms with Crippen LogP contribution in [0.25, 0.3) is 0 Å². The van der Waals surface area contributed by atoms with Crippen LogP contribution in [0.15, 0.2) is 91.0 Å². The van der Waals surface area contributed by atoms with Gasteiger partial charge in [0.05, 0.1) is 0 Å². The molecule has 0 aliphatic carbocycles. The summed E-state index contributed by atoms with van der Waals surface area (Å²) in [5, 5.41) is 0. The summed E-state index contributed by atoms with van der Waals surface area (Å²) in [6.45, 7) is 10.6. The molecule has 0 aliphatic rings. The number of hydrogen-bond acceptors (Lipinski definition) is 0. The van der Waals surface area contributed by atoms with Crippen LogP contribution in [0.3, 0.4) is 0 Å². The molecule has 0 bridgehead atoms. The molecule has 0 amide bonds. The first-order valence-corrected chi connectivity index (χ1v) is 25.9. The Morgan fingerprint density at radius 1 is 0.214 bits per heavy atom. The largest absolute Gasteiger partial charge is 0.204 e. The van der Waals surface area contributed by atoms with Gasteiger partial charge in [0.15, 0.2) is 58.2 Å². The van der Waals surface area contributed by atoms with E-state index in [-0.39, 0.29) is 0 Å². The highest BCUT2D eigenvalue weighted by Gasteiger charge is 2.10. The smallest absolute Gasteiger partial charge is 0.162 e. The van der Waals surface area contributed by atoms with Crippen molar-refractivity contribution in [3.05, 3.63) is 177 Å². The zero-order valence-electron chi connectivity index (χ0n) is 42.6. The van der Waals surface area contributed by atoms with Gasteiger partial charge in [-0.15, -0.1) is 0 Å². The average Bonchev–Trinajstić information content (AvgIpc) is 3.35. The van der Waals surface area contributed by atoms with Gasteiger partial charge in [-0.25, -0.2) is 43.9 Å². The molecule has 0 aliphatic heterocycles. The van der Waals surface area contributed by atoms with E-state index in [1.165, 1.54) is 51.0 Å². The molecule has 0 heterocycles. The van der Waals surface area contributed by atoms with E-state index in [1.807, 2.05) is 6.92 Å². The Hall–Kier alpha value is -4.60. The third kappa shape index (κ3) is 27.1. The second kappa shape index (κ2) is 40.0. The molecule has 0 radical (unpaired) electrons. The molecule has 5 rings (SSSR count). The van der Waals surface area contributed by atoms with Crippen LogP contribution in [0.2, 0.25) is 0 Å². The van der Waals surface area contributed by atoms with Crippen molar-refractivity contribution in [1.82, 2.24) is 0 Å². The molecule has 0 saturated heterocycles. The van der Waals surface area contributed by atoms with Crippen molar-refractivity contribution in [2.24, 2.45) is 0 Å². The first-order valence-electron chi connectivity index (χ1n) is 25.9. The molecule has 0 saturated carbocycles. The molecule has 0 atom stereocenters. The molecule has 5 aromatic rings. The fourth-order valence-electron chi connectivity index (χ4n) is 7.40. The summed E-state index contributed by atoms with van der Waals surface area (Å²) in [5.74, 6) is -7.09. The third-order valence-corrected chi connectivity index (χ3v) is 11.7. The highest BCUT2D eigenvalue weighted by Crippen LogP contribution is 2.19. The van der Waals surface area contributed by atoms with Crippen molar-refractivity contribution in [2.75, 3.05) is 0 Å². The minimum absolute atomic E-state index is 0.483. The van der Waals surface area contributed by atoms with E-state index in [9.17, 15) is 43.9 Å². The van der Waals surface area contributed by atoms with Crippen LogP contribution >= 0.6 is 0 Å². The molecule has 10 heteroatoms. The number of benzene rings is 5. The topological polar surface area (TPSA) is 0 Å². The Morgan fingerprint density at radius 3 is 0.629 bits per heavy atom. The van der Waals surface area contributed by atoms with Gasteiger partial charge in [-0.2, -0.15) is 0 Å². The SMILES string of the molecule is CCCCCCCCc1cccc(F)c1F.CCCCCCCc1cccc(F)c1F.CCCCCCc1cccc(F)c1F.CCCCCc1cccc(F)c1F.CCCCc1cccc(F)c1F. The van der Waals surface area contributed by atoms with Crippen molar-refractivity contribution >= 4 is 0 Å². The first kappa shape index (κ1) is 63.4. The normalized spacial score (nSPS) is 10.5. The number of aryl methyl sites for hydroxylation is 5. The van der Waals surface area contributed by atoms with E-state index in [4.69, 9.17) is 0 Å². The Kier molecular flexibility index (Phi) is 36.3. The van der Waals surface area contributed by atoms with Crippen LogP contribution < -0.4 is 0 Å². The maximum absolute atomic E-state index is 13.3. The molecular formula is C60H80F10. The minimum atomic E-state index is -0.747. The standard InChI is InChI=1S/C14H20F2.C13H18F2.C12H16F2.C11H14F2.C10H12F2/c1-2-3-4-5-6-7-9-12-10-8-11-13(15)14(12)16;1-2-3-4-5-6-8-11-9-7-10-12(14)13(11)15;1-2-3-4-5-7-10-8-6-9-11(13)12(10)14;1-2-3-4-6-9-7-5-8-10(12)11(9)13;1-2-3-5-8-6-4-7-9(11)10(8)12/h8,10-11H,2-7,9H2,1H3;7,9-10H,2-6,8H2,1H3;6,8-9H,2-5,7H2,1H3;5,7-8H,2-4,6H2,1H3;4,6-7H,2-3,5H2,1H3. The van der Waals surface area contributed by atoms with Gasteiger partial charge in [-0.1, -0.05) is 192 Å². The lowest BCUT2D eigenvalue weighted by Gasteiger charge is -2.03. The maximum atomic E-state index is 13.3. The Labute approximate surface area is 414 Å². The third-order valence-electron chi connectivity index (χ3n) is 11.7. The van der Waals surface area contributed by atoms with Gasteiger partial charge in [0.25, 0.3) is 0 Å². The fourth-order valence-corrected chi connectivity index (χ4v) is 7.40. The lowest BCUT2D eigenvalue weighted by molar-refractivity contribution is 0.495. The Bertz CT molecular complexity index is 2100. The number of hydrogen-bond donors (Lipinski definition) is 0. The quantitative estimate of drug-likeness (QED) is 0.0404. The molecule has 390 valence electrons. The molecule has 70 heavy (non-hydrogen) atoms. The van der Waals surface area contributed by atoms with Crippen molar-refractivity contribution in [3.63, 3.8) is 0 Å². The zero-order chi connectivity index (χ0) is 51.9. The second-order valence-corrected chi connectivity index (χ2v) is 17.6. The summed E-state index contributed by atoms with van der Waals surface area (Å²) in [5.41, 5.74) is 2.49. The minimum Gasteiger partial charge on any atom is -0.204 e. The predicted molar refractivity (Wildman–Crippen MR) is 271 cm³/mol. The number of halogens is 10. The molecule has 0 aromatic heterocycles. The van der Waals surface area contributed by atoms with Gasteiger partial charge in [0, 0.05) is 0 Å². The van der Waals surface area contributed by atoms with E-state index in [2.05, 4.69) is 27.7 Å². The fraction of sp³-hybridized carbons (Fsp3) is 0.500. The number of unbranched alkanes of at least 4 members (excludes halogenated alkanes) is 15. The molecule has 0 nitrogen and oxygen atoms in total. The van der Waals surface area contributed by atoms with E-state index >= 15 is 0 Å². The van der Waals surface area contributed by atoms with E-state index in [0.717, 1.165) is 108 Å². The van der Waals surface area contributed by atoms with E-state index in [1.54, 1.807) is 60.7 Å². The summed E-state index contributed by atoms with van der Waals surface area (Å²) in [4.78, 5) is 0. The van der Waals surface area contributed by atoms with Crippen LogP contribution in [0.4, 0.5) is 43.9 Å². The van der Waals surface area contributed by atoms with Gasteiger partial charge >= 0.3 is 0 Å². The summed E-state index contributed by atoms with van der Waals surface area (Å²) in [6, 6.07) is 21.9. The first-order chi connectivity index (χ1) is 33.8. The van der Waals surface area contributed by atoms with Crippen molar-refractivity contribution in [2.45, 2.75) is 195 Å². The summed E-state index contributed by atoms with van der Waals surface area (Å²) in [7, 11) is 0. The van der Waals surface area contributed by atoms with Gasteiger partial charge < -0.3 is 0 Å². The summed E-state index contributed by atoms with van der Waals surface area (Å²) < 4.78 is 129. The maximum Gasteiger partial charge on any atom is 0.162 e. The Balaban J connectivity index is 0.000000439. The lowest BCUT2D eigenvalue weighted by atomic mass is 10.0. The lowest BCUT2D eigenvalue weighted by Crippen LogP contribution is -1.94. The second-order valence-electron chi connectivity index (χ2n) is 17.6. The number of rotatable bonds is 25. The molecule has 0 N–H and O–H groups in total. The van der Waals surface area contributed by atoms with Crippen LogP contribution in [0.5, 0.6) is 0 Å². The van der Waals surface area contributed by atoms with Crippen LogP contribution in [-0.2, 0) is 32.1 Å². The molecular weight excluding hydrogens is 911 g/mol. The van der Waals surface area contributed by atoms with Gasteiger partial charge in [-0.3, -0.25) is 0 Å². The van der Waals surface area contributed by atoms with E-state index in [0.29, 0.717) is 59.9 Å². The Morgan fingerprint density at radius 2 is 0.386 bits per heavy atom.